The first-order chi connectivity index (χ1) is 13.2. The number of pyridine rings is 1. The van der Waals surface area contributed by atoms with E-state index in [9.17, 15) is 0 Å². The minimum atomic E-state index is 0.368. The van der Waals surface area contributed by atoms with Crippen molar-refractivity contribution >= 4 is 0 Å². The van der Waals surface area contributed by atoms with E-state index in [4.69, 9.17) is 0 Å². The van der Waals surface area contributed by atoms with E-state index in [0.29, 0.717) is 10.8 Å². The average molecular weight is 351 g/mol. The molecule has 0 aliphatic heterocycles. The number of aryl methyl sites for hydroxylation is 1. The summed E-state index contributed by atoms with van der Waals surface area (Å²) in [6.07, 6.45) is 10.1. The Labute approximate surface area is 161 Å². The van der Waals surface area contributed by atoms with Gasteiger partial charge in [0.15, 0.2) is 0 Å². The molecular formula is C26H25N. The minimum Gasteiger partial charge on any atom is -0.256 e. The van der Waals surface area contributed by atoms with Crippen molar-refractivity contribution in [2.45, 2.75) is 56.3 Å². The average Bonchev–Trinajstić information content (AvgIpc) is 3.26. The zero-order chi connectivity index (χ0) is 18.1. The van der Waals surface area contributed by atoms with Crippen molar-refractivity contribution in [2.24, 2.45) is 0 Å². The molecule has 0 saturated heterocycles. The van der Waals surface area contributed by atoms with Crippen LogP contribution >= 0.6 is 0 Å². The lowest BCUT2D eigenvalue weighted by Gasteiger charge is -2.48. The third-order valence-electron chi connectivity index (χ3n) is 7.81. The fourth-order valence-corrected chi connectivity index (χ4v) is 6.82. The maximum absolute atomic E-state index is 4.60. The summed E-state index contributed by atoms with van der Waals surface area (Å²) in [7, 11) is 0. The molecule has 3 aliphatic carbocycles. The lowest BCUT2D eigenvalue weighted by Crippen LogP contribution is -2.43. The van der Waals surface area contributed by atoms with Gasteiger partial charge in [-0.2, -0.15) is 0 Å². The van der Waals surface area contributed by atoms with E-state index in [1.54, 1.807) is 11.1 Å². The summed E-state index contributed by atoms with van der Waals surface area (Å²) in [4.78, 5) is 4.60. The highest BCUT2D eigenvalue weighted by Crippen LogP contribution is 2.69. The van der Waals surface area contributed by atoms with Crippen LogP contribution in [0.3, 0.4) is 0 Å². The maximum atomic E-state index is 4.60. The van der Waals surface area contributed by atoms with E-state index in [0.717, 1.165) is 5.69 Å². The number of fused-ring (bicyclic) bond motifs is 3. The molecule has 2 fully saturated rings. The van der Waals surface area contributed by atoms with Crippen LogP contribution in [0.1, 0.15) is 55.2 Å². The second kappa shape index (κ2) is 5.32. The molecule has 0 unspecified atom stereocenters. The van der Waals surface area contributed by atoms with Gasteiger partial charge in [-0.05, 0) is 73.1 Å². The minimum absolute atomic E-state index is 0.368. The molecule has 1 aromatic heterocycles. The Morgan fingerprint density at radius 1 is 0.741 bits per heavy atom. The van der Waals surface area contributed by atoms with Gasteiger partial charge in [-0.15, -0.1) is 0 Å². The van der Waals surface area contributed by atoms with Crippen LogP contribution in [0.5, 0.6) is 0 Å². The van der Waals surface area contributed by atoms with E-state index in [-0.39, 0.29) is 0 Å². The summed E-state index contributed by atoms with van der Waals surface area (Å²) in [5.74, 6) is 0. The molecule has 0 atom stereocenters. The van der Waals surface area contributed by atoms with Crippen molar-refractivity contribution in [3.63, 3.8) is 0 Å². The molecule has 2 aromatic carbocycles. The molecule has 0 radical (unpaired) electrons. The Hall–Kier alpha value is -2.41. The van der Waals surface area contributed by atoms with Crippen molar-refractivity contribution in [3.8, 4) is 22.4 Å². The van der Waals surface area contributed by atoms with Crippen LogP contribution in [0.4, 0.5) is 0 Å². The van der Waals surface area contributed by atoms with E-state index in [1.807, 2.05) is 12.3 Å². The van der Waals surface area contributed by atoms with E-state index < -0.39 is 0 Å². The first kappa shape index (κ1) is 15.6. The van der Waals surface area contributed by atoms with Crippen LogP contribution in [-0.2, 0) is 10.8 Å². The maximum Gasteiger partial charge on any atom is 0.0702 e. The standard InChI is InChI=1S/C26H25N/c1-18-7-9-22-20(16-18)21-17-19(24-6-2-3-15-27-24)8-10-23(21)26-13-4-11-25(22,26)12-5-14-26/h2-3,6-10,15-17H,4-5,11-14H2,1H3/t25-,26+. The zero-order valence-electron chi connectivity index (χ0n) is 16.0. The number of nitrogens with zero attached hydrogens (tertiary/aromatic N) is 1. The van der Waals surface area contributed by atoms with Gasteiger partial charge in [0.1, 0.15) is 0 Å². The van der Waals surface area contributed by atoms with Gasteiger partial charge in [0.25, 0.3) is 0 Å². The van der Waals surface area contributed by atoms with Crippen LogP contribution in [-0.4, -0.2) is 4.98 Å². The Bertz CT molecular complexity index is 1040. The van der Waals surface area contributed by atoms with Crippen molar-refractivity contribution in [1.82, 2.24) is 4.98 Å². The van der Waals surface area contributed by atoms with Crippen molar-refractivity contribution in [1.29, 1.82) is 0 Å². The molecule has 134 valence electrons. The highest BCUT2D eigenvalue weighted by atomic mass is 14.7. The summed E-state index contributed by atoms with van der Waals surface area (Å²) in [5, 5.41) is 0. The van der Waals surface area contributed by atoms with Crippen molar-refractivity contribution in [2.75, 3.05) is 0 Å². The van der Waals surface area contributed by atoms with Gasteiger partial charge in [0.2, 0.25) is 0 Å². The lowest BCUT2D eigenvalue weighted by atomic mass is 9.55. The molecule has 6 rings (SSSR count). The molecule has 3 aliphatic rings. The van der Waals surface area contributed by atoms with Gasteiger partial charge in [0, 0.05) is 22.6 Å². The van der Waals surface area contributed by atoms with Crippen LogP contribution in [0.15, 0.2) is 60.8 Å². The van der Waals surface area contributed by atoms with Gasteiger partial charge in [0.05, 0.1) is 5.69 Å². The third kappa shape index (κ3) is 1.87. The number of benzene rings is 2. The highest BCUT2D eigenvalue weighted by Gasteiger charge is 2.62. The molecule has 0 N–H and O–H groups in total. The second-order valence-electron chi connectivity index (χ2n) is 8.90. The van der Waals surface area contributed by atoms with E-state index in [2.05, 4.69) is 60.4 Å². The molecule has 1 heterocycles. The number of hydrogen-bond donors (Lipinski definition) is 0. The Balaban J connectivity index is 1.67. The van der Waals surface area contributed by atoms with Gasteiger partial charge < -0.3 is 0 Å². The number of hydrogen-bond acceptors (Lipinski definition) is 1. The molecule has 2 saturated carbocycles. The van der Waals surface area contributed by atoms with Gasteiger partial charge in [-0.3, -0.25) is 4.98 Å². The molecule has 0 amide bonds. The van der Waals surface area contributed by atoms with Gasteiger partial charge >= 0.3 is 0 Å². The smallest absolute Gasteiger partial charge is 0.0702 e. The molecule has 27 heavy (non-hydrogen) atoms. The molecule has 1 heteroatoms. The predicted octanol–water partition coefficient (Wildman–Crippen LogP) is 6.58. The summed E-state index contributed by atoms with van der Waals surface area (Å²) in [6, 6.07) is 20.6. The first-order valence-electron chi connectivity index (χ1n) is 10.4. The van der Waals surface area contributed by atoms with Crippen LogP contribution in [0.25, 0.3) is 22.4 Å². The number of rotatable bonds is 1. The van der Waals surface area contributed by atoms with Crippen molar-refractivity contribution in [3.05, 3.63) is 77.5 Å². The normalized spacial score (nSPS) is 27.6. The summed E-state index contributed by atoms with van der Waals surface area (Å²) in [6.45, 7) is 2.23. The fourth-order valence-electron chi connectivity index (χ4n) is 6.82. The Morgan fingerprint density at radius 3 is 2.07 bits per heavy atom. The molecule has 3 aromatic rings. The highest BCUT2D eigenvalue weighted by molar-refractivity contribution is 5.82. The third-order valence-corrected chi connectivity index (χ3v) is 7.81. The molecule has 0 spiro atoms. The van der Waals surface area contributed by atoms with Crippen LogP contribution in [0, 0.1) is 6.92 Å². The number of aromatic nitrogens is 1. The quantitative estimate of drug-likeness (QED) is 0.482. The lowest BCUT2D eigenvalue weighted by molar-refractivity contribution is 0.299. The zero-order valence-corrected chi connectivity index (χ0v) is 16.0. The topological polar surface area (TPSA) is 12.9 Å². The summed E-state index contributed by atoms with van der Waals surface area (Å²) in [5.41, 5.74) is 10.6. The summed E-state index contributed by atoms with van der Waals surface area (Å²) >= 11 is 0. The second-order valence-corrected chi connectivity index (χ2v) is 8.90. The summed E-state index contributed by atoms with van der Waals surface area (Å²) < 4.78 is 0. The van der Waals surface area contributed by atoms with E-state index >= 15 is 0 Å². The van der Waals surface area contributed by atoms with E-state index in [1.165, 1.54) is 60.8 Å². The predicted molar refractivity (Wildman–Crippen MR) is 111 cm³/mol. The van der Waals surface area contributed by atoms with Crippen LogP contribution in [0.2, 0.25) is 0 Å². The monoisotopic (exact) mass is 351 g/mol. The Morgan fingerprint density at radius 2 is 1.41 bits per heavy atom. The van der Waals surface area contributed by atoms with Gasteiger partial charge in [-0.1, -0.05) is 54.8 Å². The SMILES string of the molecule is Cc1ccc2c(c1)-c1cc(-c3ccccn3)ccc1[C@]13CCC[C@]21CCC3. The van der Waals surface area contributed by atoms with Crippen molar-refractivity contribution < 1.29 is 0 Å². The van der Waals surface area contributed by atoms with Crippen LogP contribution < -0.4 is 0 Å². The Kier molecular flexibility index (Phi) is 3.08. The molecular weight excluding hydrogens is 326 g/mol. The molecule has 0 bridgehead atoms. The molecule has 1 nitrogen and oxygen atoms in total. The first-order valence-corrected chi connectivity index (χ1v) is 10.4. The fraction of sp³-hybridized carbons (Fsp3) is 0.346. The largest absolute Gasteiger partial charge is 0.256 e. The van der Waals surface area contributed by atoms with Gasteiger partial charge in [-0.25, -0.2) is 0 Å².